The second-order valence-electron chi connectivity index (χ2n) is 4.79. The second-order valence-corrected chi connectivity index (χ2v) is 4.79. The lowest BCUT2D eigenvalue weighted by Gasteiger charge is -2.22. The summed E-state index contributed by atoms with van der Waals surface area (Å²) >= 11 is 0. The molecule has 0 aliphatic carbocycles. The highest BCUT2D eigenvalue weighted by Gasteiger charge is 2.32. The Kier molecular flexibility index (Phi) is 5.12. The number of amides is 1. The van der Waals surface area contributed by atoms with Gasteiger partial charge in [0.15, 0.2) is 0 Å². The number of rotatable bonds is 5. The molecule has 1 N–H and O–H groups in total. The first-order valence-corrected chi connectivity index (χ1v) is 6.96. The molecular weight excluding hydrogens is 256 g/mol. The number of esters is 1. The van der Waals surface area contributed by atoms with Crippen molar-refractivity contribution in [2.45, 2.75) is 25.8 Å². The van der Waals surface area contributed by atoms with Gasteiger partial charge in [-0.2, -0.15) is 0 Å². The molecule has 1 amide bonds. The SMILES string of the molecule is CCOC(=O)C1CCCN1CC(=O)Nc1ccccc1. The van der Waals surface area contributed by atoms with Gasteiger partial charge < -0.3 is 10.1 Å². The molecule has 2 rings (SSSR count). The van der Waals surface area contributed by atoms with Crippen molar-refractivity contribution in [2.75, 3.05) is 25.0 Å². The van der Waals surface area contributed by atoms with Crippen molar-refractivity contribution in [1.29, 1.82) is 0 Å². The number of anilines is 1. The topological polar surface area (TPSA) is 58.6 Å². The monoisotopic (exact) mass is 276 g/mol. The molecule has 1 fully saturated rings. The Balaban J connectivity index is 1.88. The highest BCUT2D eigenvalue weighted by molar-refractivity contribution is 5.92. The number of para-hydroxylation sites is 1. The summed E-state index contributed by atoms with van der Waals surface area (Å²) in [6.45, 7) is 3.14. The molecule has 0 radical (unpaired) electrons. The average molecular weight is 276 g/mol. The van der Waals surface area contributed by atoms with Crippen LogP contribution in [0.3, 0.4) is 0 Å². The van der Waals surface area contributed by atoms with Crippen molar-refractivity contribution in [3.8, 4) is 0 Å². The predicted octanol–water partition coefficient (Wildman–Crippen LogP) is 1.65. The Labute approximate surface area is 118 Å². The molecule has 5 heteroatoms. The lowest BCUT2D eigenvalue weighted by molar-refractivity contribution is -0.148. The Morgan fingerprint density at radius 2 is 2.10 bits per heavy atom. The van der Waals surface area contributed by atoms with Crippen LogP contribution in [0.2, 0.25) is 0 Å². The van der Waals surface area contributed by atoms with Crippen LogP contribution in [0.15, 0.2) is 30.3 Å². The lowest BCUT2D eigenvalue weighted by atomic mass is 10.2. The minimum atomic E-state index is -0.281. The minimum absolute atomic E-state index is 0.104. The van der Waals surface area contributed by atoms with E-state index in [9.17, 15) is 9.59 Å². The van der Waals surface area contributed by atoms with Gasteiger partial charge in [0.2, 0.25) is 5.91 Å². The maximum atomic E-state index is 12.0. The van der Waals surface area contributed by atoms with Gasteiger partial charge >= 0.3 is 5.97 Å². The first kappa shape index (κ1) is 14.5. The fraction of sp³-hybridized carbons (Fsp3) is 0.467. The summed E-state index contributed by atoms with van der Waals surface area (Å²) in [4.78, 5) is 25.7. The van der Waals surface area contributed by atoms with Gasteiger partial charge in [0, 0.05) is 5.69 Å². The van der Waals surface area contributed by atoms with E-state index in [-0.39, 0.29) is 24.5 Å². The molecule has 20 heavy (non-hydrogen) atoms. The maximum Gasteiger partial charge on any atom is 0.323 e. The van der Waals surface area contributed by atoms with Crippen molar-refractivity contribution in [3.05, 3.63) is 30.3 Å². The number of benzene rings is 1. The third kappa shape index (κ3) is 3.81. The molecule has 0 bridgehead atoms. The van der Waals surface area contributed by atoms with Crippen LogP contribution in [0.25, 0.3) is 0 Å². The Bertz CT molecular complexity index is 461. The second kappa shape index (κ2) is 7.05. The maximum absolute atomic E-state index is 12.0. The molecule has 1 heterocycles. The van der Waals surface area contributed by atoms with E-state index in [1.165, 1.54) is 0 Å². The highest BCUT2D eigenvalue weighted by Crippen LogP contribution is 2.18. The Morgan fingerprint density at radius 3 is 2.80 bits per heavy atom. The summed E-state index contributed by atoms with van der Waals surface area (Å²) in [5, 5.41) is 2.83. The zero-order valence-electron chi connectivity index (χ0n) is 11.7. The summed E-state index contributed by atoms with van der Waals surface area (Å²) in [5.74, 6) is -0.329. The molecule has 1 aromatic carbocycles. The fourth-order valence-electron chi connectivity index (χ4n) is 2.43. The van der Waals surface area contributed by atoms with Gasteiger partial charge in [-0.25, -0.2) is 0 Å². The van der Waals surface area contributed by atoms with E-state index in [2.05, 4.69) is 5.32 Å². The van der Waals surface area contributed by atoms with Crippen molar-refractivity contribution in [3.63, 3.8) is 0 Å². The summed E-state index contributed by atoms with van der Waals surface area (Å²) < 4.78 is 5.04. The number of nitrogens with one attached hydrogen (secondary N) is 1. The van der Waals surface area contributed by atoms with Crippen LogP contribution in [0.4, 0.5) is 5.69 Å². The summed E-state index contributed by atoms with van der Waals surface area (Å²) in [6.07, 6.45) is 1.68. The van der Waals surface area contributed by atoms with Crippen molar-refractivity contribution >= 4 is 17.6 Å². The molecule has 1 saturated heterocycles. The van der Waals surface area contributed by atoms with Crippen LogP contribution in [0, 0.1) is 0 Å². The molecule has 1 atom stereocenters. The van der Waals surface area contributed by atoms with Gasteiger partial charge in [-0.15, -0.1) is 0 Å². The highest BCUT2D eigenvalue weighted by atomic mass is 16.5. The van der Waals surface area contributed by atoms with Gasteiger partial charge in [0.1, 0.15) is 6.04 Å². The quantitative estimate of drug-likeness (QED) is 0.831. The largest absolute Gasteiger partial charge is 0.465 e. The van der Waals surface area contributed by atoms with Gasteiger partial charge in [-0.1, -0.05) is 18.2 Å². The van der Waals surface area contributed by atoms with Crippen molar-refractivity contribution in [2.24, 2.45) is 0 Å². The molecule has 1 aliphatic rings. The molecule has 108 valence electrons. The molecule has 0 aromatic heterocycles. The zero-order chi connectivity index (χ0) is 14.4. The van der Waals surface area contributed by atoms with E-state index in [1.807, 2.05) is 35.2 Å². The molecule has 1 aliphatic heterocycles. The predicted molar refractivity (Wildman–Crippen MR) is 76.3 cm³/mol. The Hall–Kier alpha value is -1.88. The van der Waals surface area contributed by atoms with E-state index in [0.29, 0.717) is 6.61 Å². The lowest BCUT2D eigenvalue weighted by Crippen LogP contribution is -2.41. The smallest absolute Gasteiger partial charge is 0.323 e. The number of nitrogens with zero attached hydrogens (tertiary/aromatic N) is 1. The normalized spacial score (nSPS) is 18.8. The molecule has 0 spiro atoms. The molecule has 1 unspecified atom stereocenters. The number of carbonyl (C=O) groups is 2. The van der Waals surface area contributed by atoms with Gasteiger partial charge in [0.05, 0.1) is 13.2 Å². The first-order valence-electron chi connectivity index (χ1n) is 6.96. The fourth-order valence-corrected chi connectivity index (χ4v) is 2.43. The number of carbonyl (C=O) groups excluding carboxylic acids is 2. The standard InChI is InChI=1S/C15H20N2O3/c1-2-20-15(19)13-9-6-10-17(13)11-14(18)16-12-7-4-3-5-8-12/h3-5,7-8,13H,2,6,9-11H2,1H3,(H,16,18). The van der Waals surface area contributed by atoms with Crippen LogP contribution in [0.1, 0.15) is 19.8 Å². The Morgan fingerprint density at radius 1 is 1.35 bits per heavy atom. The average Bonchev–Trinajstić information content (AvgIpc) is 2.88. The van der Waals surface area contributed by atoms with Crippen LogP contribution < -0.4 is 5.32 Å². The van der Waals surface area contributed by atoms with Crippen LogP contribution in [-0.2, 0) is 14.3 Å². The summed E-state index contributed by atoms with van der Waals surface area (Å²) in [6, 6.07) is 9.03. The van der Waals surface area contributed by atoms with Crippen LogP contribution in [0.5, 0.6) is 0 Å². The van der Waals surface area contributed by atoms with E-state index in [1.54, 1.807) is 6.92 Å². The van der Waals surface area contributed by atoms with Gasteiger partial charge in [0.25, 0.3) is 0 Å². The van der Waals surface area contributed by atoms with E-state index in [4.69, 9.17) is 4.74 Å². The van der Waals surface area contributed by atoms with Crippen LogP contribution >= 0.6 is 0 Å². The van der Waals surface area contributed by atoms with Gasteiger partial charge in [-0.3, -0.25) is 14.5 Å². The summed E-state index contributed by atoms with van der Waals surface area (Å²) in [7, 11) is 0. The van der Waals surface area contributed by atoms with Crippen molar-refractivity contribution in [1.82, 2.24) is 4.90 Å². The molecule has 0 saturated carbocycles. The number of hydrogen-bond donors (Lipinski definition) is 1. The molecular formula is C15H20N2O3. The minimum Gasteiger partial charge on any atom is -0.465 e. The van der Waals surface area contributed by atoms with Gasteiger partial charge in [-0.05, 0) is 38.4 Å². The third-order valence-corrected chi connectivity index (χ3v) is 3.33. The van der Waals surface area contributed by atoms with Crippen LogP contribution in [-0.4, -0.2) is 42.5 Å². The van der Waals surface area contributed by atoms with E-state index >= 15 is 0 Å². The third-order valence-electron chi connectivity index (χ3n) is 3.33. The molecule has 5 nitrogen and oxygen atoms in total. The molecule has 1 aromatic rings. The van der Waals surface area contributed by atoms with Crippen molar-refractivity contribution < 1.29 is 14.3 Å². The number of likely N-dealkylation sites (tertiary alicyclic amines) is 1. The zero-order valence-corrected chi connectivity index (χ0v) is 11.7. The summed E-state index contributed by atoms with van der Waals surface area (Å²) in [5.41, 5.74) is 0.768. The number of hydrogen-bond acceptors (Lipinski definition) is 4. The number of ether oxygens (including phenoxy) is 1. The van der Waals surface area contributed by atoms with E-state index in [0.717, 1.165) is 25.1 Å². The first-order chi connectivity index (χ1) is 9.70. The van der Waals surface area contributed by atoms with E-state index < -0.39 is 0 Å².